The van der Waals surface area contributed by atoms with Crippen molar-refractivity contribution < 1.29 is 13.2 Å². The summed E-state index contributed by atoms with van der Waals surface area (Å²) in [4.78, 5) is 2.39. The van der Waals surface area contributed by atoms with Crippen LogP contribution in [0.2, 0.25) is 0 Å². The van der Waals surface area contributed by atoms with E-state index in [0.29, 0.717) is 0 Å². The number of halogens is 3. The maximum atomic E-state index is 12.6. The van der Waals surface area contributed by atoms with E-state index in [4.69, 9.17) is 0 Å². The maximum absolute atomic E-state index is 12.6. The van der Waals surface area contributed by atoms with Gasteiger partial charge in [-0.15, -0.1) is 0 Å². The average Bonchev–Trinajstić information content (AvgIpc) is 2.56. The van der Waals surface area contributed by atoms with E-state index >= 15 is 0 Å². The summed E-state index contributed by atoms with van der Waals surface area (Å²) < 4.78 is 37.9. The van der Waals surface area contributed by atoms with E-state index in [-0.39, 0.29) is 6.04 Å². The van der Waals surface area contributed by atoms with Crippen molar-refractivity contribution in [2.75, 3.05) is 19.6 Å². The van der Waals surface area contributed by atoms with Gasteiger partial charge in [0.15, 0.2) is 0 Å². The molecule has 3 rings (SSSR count). The SMILES string of the molecule is FC(F)(F)c1ccc(C[C@@H]2CN(Cc3ccccc3)CCN2)cc1. The number of piperazine rings is 1. The molecule has 0 saturated carbocycles. The molecule has 1 aliphatic rings. The predicted molar refractivity (Wildman–Crippen MR) is 88.7 cm³/mol. The second-order valence-electron chi connectivity index (χ2n) is 6.27. The van der Waals surface area contributed by atoms with Crippen molar-refractivity contribution in [1.82, 2.24) is 10.2 Å². The van der Waals surface area contributed by atoms with Crippen molar-refractivity contribution in [2.45, 2.75) is 25.2 Å². The van der Waals surface area contributed by atoms with E-state index in [9.17, 15) is 13.2 Å². The molecule has 1 N–H and O–H groups in total. The Bertz CT molecular complexity index is 638. The number of hydrogen-bond donors (Lipinski definition) is 1. The first-order valence-corrected chi connectivity index (χ1v) is 8.16. The molecule has 0 spiro atoms. The molecule has 2 aromatic carbocycles. The Labute approximate surface area is 140 Å². The topological polar surface area (TPSA) is 15.3 Å². The van der Waals surface area contributed by atoms with Gasteiger partial charge >= 0.3 is 6.18 Å². The summed E-state index contributed by atoms with van der Waals surface area (Å²) in [6.45, 7) is 3.69. The van der Waals surface area contributed by atoms with Crippen LogP contribution in [0.15, 0.2) is 54.6 Å². The van der Waals surface area contributed by atoms with Crippen molar-refractivity contribution in [3.63, 3.8) is 0 Å². The summed E-state index contributed by atoms with van der Waals surface area (Å²) in [6.07, 6.45) is -3.53. The number of hydrogen-bond acceptors (Lipinski definition) is 2. The molecule has 1 aliphatic heterocycles. The molecular formula is C19H21F3N2. The molecule has 5 heteroatoms. The molecule has 1 saturated heterocycles. The van der Waals surface area contributed by atoms with Gasteiger partial charge in [-0.3, -0.25) is 4.90 Å². The molecule has 1 fully saturated rings. The Morgan fingerprint density at radius 2 is 1.67 bits per heavy atom. The van der Waals surface area contributed by atoms with E-state index in [2.05, 4.69) is 22.3 Å². The smallest absolute Gasteiger partial charge is 0.311 e. The minimum Gasteiger partial charge on any atom is -0.311 e. The quantitative estimate of drug-likeness (QED) is 0.917. The fourth-order valence-electron chi connectivity index (χ4n) is 3.13. The van der Waals surface area contributed by atoms with Crippen LogP contribution in [0.1, 0.15) is 16.7 Å². The largest absolute Gasteiger partial charge is 0.416 e. The van der Waals surface area contributed by atoms with Gasteiger partial charge in [-0.25, -0.2) is 0 Å². The highest BCUT2D eigenvalue weighted by Crippen LogP contribution is 2.29. The van der Waals surface area contributed by atoms with Crippen LogP contribution in [0.5, 0.6) is 0 Å². The van der Waals surface area contributed by atoms with Gasteiger partial charge in [-0.1, -0.05) is 42.5 Å². The summed E-state index contributed by atoms with van der Waals surface area (Å²) >= 11 is 0. The first-order valence-electron chi connectivity index (χ1n) is 8.16. The maximum Gasteiger partial charge on any atom is 0.416 e. The lowest BCUT2D eigenvalue weighted by molar-refractivity contribution is -0.137. The van der Waals surface area contributed by atoms with Gasteiger partial charge in [-0.05, 0) is 29.7 Å². The number of benzene rings is 2. The molecule has 2 aromatic rings. The molecule has 128 valence electrons. The van der Waals surface area contributed by atoms with Crippen LogP contribution in [-0.2, 0) is 19.1 Å². The number of nitrogens with zero attached hydrogens (tertiary/aromatic N) is 1. The lowest BCUT2D eigenvalue weighted by Crippen LogP contribution is -2.51. The second kappa shape index (κ2) is 7.36. The zero-order chi connectivity index (χ0) is 17.0. The lowest BCUT2D eigenvalue weighted by atomic mass is 10.0. The normalized spacial score (nSPS) is 19.4. The summed E-state index contributed by atoms with van der Waals surface area (Å²) in [5.74, 6) is 0. The Balaban J connectivity index is 1.57. The lowest BCUT2D eigenvalue weighted by Gasteiger charge is -2.34. The van der Waals surface area contributed by atoms with E-state index in [1.165, 1.54) is 17.7 Å². The fourth-order valence-corrected chi connectivity index (χ4v) is 3.13. The van der Waals surface area contributed by atoms with Crippen LogP contribution < -0.4 is 5.32 Å². The Morgan fingerprint density at radius 1 is 0.958 bits per heavy atom. The van der Waals surface area contributed by atoms with Crippen molar-refractivity contribution >= 4 is 0 Å². The van der Waals surface area contributed by atoms with Crippen molar-refractivity contribution in [2.24, 2.45) is 0 Å². The molecule has 0 radical (unpaired) electrons. The fraction of sp³-hybridized carbons (Fsp3) is 0.368. The summed E-state index contributed by atoms with van der Waals surface area (Å²) in [5, 5.41) is 3.46. The Hall–Kier alpha value is -1.85. The minimum absolute atomic E-state index is 0.263. The number of nitrogens with one attached hydrogen (secondary N) is 1. The van der Waals surface area contributed by atoms with E-state index in [0.717, 1.165) is 38.2 Å². The molecular weight excluding hydrogens is 313 g/mol. The summed E-state index contributed by atoms with van der Waals surface area (Å²) in [7, 11) is 0. The molecule has 24 heavy (non-hydrogen) atoms. The molecule has 1 atom stereocenters. The summed E-state index contributed by atoms with van der Waals surface area (Å²) in [6, 6.07) is 16.1. The Kier molecular flexibility index (Phi) is 5.21. The van der Waals surface area contributed by atoms with Gasteiger partial charge < -0.3 is 5.32 Å². The predicted octanol–water partition coefficient (Wildman–Crippen LogP) is 3.72. The van der Waals surface area contributed by atoms with Crippen LogP contribution in [0.3, 0.4) is 0 Å². The highest BCUT2D eigenvalue weighted by atomic mass is 19.4. The van der Waals surface area contributed by atoms with Crippen molar-refractivity contribution in [3.8, 4) is 0 Å². The van der Waals surface area contributed by atoms with Crippen molar-refractivity contribution in [1.29, 1.82) is 0 Å². The molecule has 0 unspecified atom stereocenters. The first kappa shape index (κ1) is 17.0. The molecule has 0 aromatic heterocycles. The molecule has 1 heterocycles. The monoisotopic (exact) mass is 334 g/mol. The van der Waals surface area contributed by atoms with Gasteiger partial charge in [0.1, 0.15) is 0 Å². The van der Waals surface area contributed by atoms with E-state index in [1.807, 2.05) is 18.2 Å². The number of rotatable bonds is 4. The van der Waals surface area contributed by atoms with Crippen LogP contribution in [0.4, 0.5) is 13.2 Å². The molecule has 0 aliphatic carbocycles. The van der Waals surface area contributed by atoms with Gasteiger partial charge in [-0.2, -0.15) is 13.2 Å². The third-order valence-corrected chi connectivity index (χ3v) is 4.35. The van der Waals surface area contributed by atoms with E-state index in [1.54, 1.807) is 12.1 Å². The first-order chi connectivity index (χ1) is 11.5. The van der Waals surface area contributed by atoms with Gasteiger partial charge in [0.25, 0.3) is 0 Å². The van der Waals surface area contributed by atoms with Crippen LogP contribution in [0, 0.1) is 0 Å². The van der Waals surface area contributed by atoms with Gasteiger partial charge in [0, 0.05) is 32.2 Å². The van der Waals surface area contributed by atoms with Crippen LogP contribution in [0.25, 0.3) is 0 Å². The van der Waals surface area contributed by atoms with Crippen LogP contribution in [-0.4, -0.2) is 30.6 Å². The highest BCUT2D eigenvalue weighted by Gasteiger charge is 2.30. The highest BCUT2D eigenvalue weighted by molar-refractivity contribution is 5.25. The summed E-state index contributed by atoms with van der Waals surface area (Å²) in [5.41, 5.74) is 1.63. The van der Waals surface area contributed by atoms with Crippen LogP contribution >= 0.6 is 0 Å². The van der Waals surface area contributed by atoms with Gasteiger partial charge in [0.05, 0.1) is 5.56 Å². The number of alkyl halides is 3. The zero-order valence-corrected chi connectivity index (χ0v) is 13.4. The van der Waals surface area contributed by atoms with Crippen molar-refractivity contribution in [3.05, 3.63) is 71.3 Å². The average molecular weight is 334 g/mol. The zero-order valence-electron chi connectivity index (χ0n) is 13.4. The molecule has 0 amide bonds. The third kappa shape index (κ3) is 4.58. The molecule has 0 bridgehead atoms. The second-order valence-corrected chi connectivity index (χ2v) is 6.27. The third-order valence-electron chi connectivity index (χ3n) is 4.35. The standard InChI is InChI=1S/C19H21F3N2/c20-19(21,22)17-8-6-15(7-9-17)12-18-14-24(11-10-23-18)13-16-4-2-1-3-5-16/h1-9,18,23H,10-14H2/t18-/m1/s1. The van der Waals surface area contributed by atoms with Gasteiger partial charge in [0.2, 0.25) is 0 Å². The minimum atomic E-state index is -4.27. The Morgan fingerprint density at radius 3 is 2.33 bits per heavy atom. The van der Waals surface area contributed by atoms with E-state index < -0.39 is 11.7 Å². The molecule has 2 nitrogen and oxygen atoms in total.